The van der Waals surface area contributed by atoms with Gasteiger partial charge < -0.3 is 10.6 Å². The molecule has 1 aromatic heterocycles. The Kier molecular flexibility index (Phi) is 5.53. The van der Waals surface area contributed by atoms with Crippen LogP contribution < -0.4 is 10.6 Å². The smallest absolute Gasteiger partial charge is 0.309 e. The quantitative estimate of drug-likeness (QED) is 0.805. The molecule has 1 aliphatic rings. The fourth-order valence-electron chi connectivity index (χ4n) is 3.60. The average Bonchev–Trinajstić information content (AvgIpc) is 3.32. The van der Waals surface area contributed by atoms with E-state index < -0.39 is 11.8 Å². The van der Waals surface area contributed by atoms with Crippen molar-refractivity contribution in [2.45, 2.75) is 44.1 Å². The molecule has 132 valence electrons. The van der Waals surface area contributed by atoms with Crippen LogP contribution in [0.4, 0.5) is 0 Å². The van der Waals surface area contributed by atoms with Crippen LogP contribution in [0.1, 0.15) is 49.8 Å². The number of hydrogen-bond donors (Lipinski definition) is 2. The fraction of sp³-hybridized carbons (Fsp3) is 0.400. The minimum absolute atomic E-state index is 0.0129. The molecule has 2 N–H and O–H groups in total. The molecule has 0 radical (unpaired) electrons. The van der Waals surface area contributed by atoms with E-state index in [0.717, 1.165) is 18.4 Å². The number of hydrogen-bond acceptors (Lipinski definition) is 3. The molecular formula is C20H24N2O2S. The topological polar surface area (TPSA) is 58.2 Å². The van der Waals surface area contributed by atoms with Crippen LogP contribution in [-0.2, 0) is 15.0 Å². The van der Waals surface area contributed by atoms with E-state index in [1.54, 1.807) is 11.3 Å². The molecule has 0 aliphatic heterocycles. The van der Waals surface area contributed by atoms with Gasteiger partial charge in [0.05, 0.1) is 6.04 Å². The largest absolute Gasteiger partial charge is 0.347 e. The molecule has 1 saturated carbocycles. The Morgan fingerprint density at radius 3 is 2.48 bits per heavy atom. The first-order valence-corrected chi connectivity index (χ1v) is 9.71. The summed E-state index contributed by atoms with van der Waals surface area (Å²) in [6.45, 7) is 2.40. The van der Waals surface area contributed by atoms with Gasteiger partial charge in [-0.2, -0.15) is 11.3 Å². The van der Waals surface area contributed by atoms with Crippen LogP contribution in [-0.4, -0.2) is 18.4 Å². The van der Waals surface area contributed by atoms with E-state index in [0.29, 0.717) is 6.54 Å². The SMILES string of the molecule is CC(NC(=O)C(=O)NCC1(c2ccsc2)CCCC1)c1ccccc1. The van der Waals surface area contributed by atoms with Gasteiger partial charge in [0.15, 0.2) is 0 Å². The third-order valence-electron chi connectivity index (χ3n) is 5.13. The van der Waals surface area contributed by atoms with Gasteiger partial charge in [0, 0.05) is 12.0 Å². The number of carbonyl (C=O) groups is 2. The Balaban J connectivity index is 1.57. The summed E-state index contributed by atoms with van der Waals surface area (Å²) in [5.74, 6) is -1.13. The number of carbonyl (C=O) groups excluding carboxylic acids is 2. The van der Waals surface area contributed by atoms with Crippen LogP contribution in [0.25, 0.3) is 0 Å². The lowest BCUT2D eigenvalue weighted by molar-refractivity contribution is -0.139. The van der Waals surface area contributed by atoms with Crippen LogP contribution in [0.2, 0.25) is 0 Å². The number of rotatable bonds is 5. The van der Waals surface area contributed by atoms with Crippen molar-refractivity contribution in [1.29, 1.82) is 0 Å². The second-order valence-corrected chi connectivity index (χ2v) is 7.57. The first-order valence-electron chi connectivity index (χ1n) is 8.77. The van der Waals surface area contributed by atoms with Gasteiger partial charge in [0.25, 0.3) is 0 Å². The molecule has 1 atom stereocenters. The van der Waals surface area contributed by atoms with Crippen molar-refractivity contribution in [2.24, 2.45) is 0 Å². The maximum Gasteiger partial charge on any atom is 0.309 e. The van der Waals surface area contributed by atoms with Gasteiger partial charge >= 0.3 is 11.8 Å². The molecule has 3 rings (SSSR count). The number of amides is 2. The first-order chi connectivity index (χ1) is 12.1. The molecule has 1 heterocycles. The molecule has 25 heavy (non-hydrogen) atoms. The highest BCUT2D eigenvalue weighted by atomic mass is 32.1. The summed E-state index contributed by atoms with van der Waals surface area (Å²) in [4.78, 5) is 24.5. The van der Waals surface area contributed by atoms with Gasteiger partial charge in [0.1, 0.15) is 0 Å². The van der Waals surface area contributed by atoms with E-state index in [1.165, 1.54) is 18.4 Å². The lowest BCUT2D eigenvalue weighted by atomic mass is 9.80. The Hall–Kier alpha value is -2.14. The molecule has 0 saturated heterocycles. The molecule has 1 fully saturated rings. The molecule has 5 heteroatoms. The summed E-state index contributed by atoms with van der Waals surface area (Å²) in [7, 11) is 0. The summed E-state index contributed by atoms with van der Waals surface area (Å²) in [6.07, 6.45) is 4.46. The summed E-state index contributed by atoms with van der Waals surface area (Å²) in [5, 5.41) is 9.87. The Morgan fingerprint density at radius 2 is 1.84 bits per heavy atom. The fourth-order valence-corrected chi connectivity index (χ4v) is 4.38. The number of thiophene rings is 1. The van der Waals surface area contributed by atoms with Crippen LogP contribution in [0.3, 0.4) is 0 Å². The highest BCUT2D eigenvalue weighted by molar-refractivity contribution is 7.08. The third kappa shape index (κ3) is 4.10. The van der Waals surface area contributed by atoms with Gasteiger partial charge in [-0.05, 0) is 47.7 Å². The first kappa shape index (κ1) is 17.7. The standard InChI is InChI=1S/C20H24N2O2S/c1-15(16-7-3-2-4-8-16)22-19(24)18(23)21-14-20(10-5-6-11-20)17-9-12-25-13-17/h2-4,7-9,12-13,15H,5-6,10-11,14H2,1H3,(H,21,23)(H,22,24). The molecule has 1 unspecified atom stereocenters. The second-order valence-electron chi connectivity index (χ2n) is 6.79. The van der Waals surface area contributed by atoms with Crippen molar-refractivity contribution in [1.82, 2.24) is 10.6 Å². The van der Waals surface area contributed by atoms with Crippen LogP contribution in [0.5, 0.6) is 0 Å². The van der Waals surface area contributed by atoms with Crippen molar-refractivity contribution < 1.29 is 9.59 Å². The zero-order valence-electron chi connectivity index (χ0n) is 14.5. The van der Waals surface area contributed by atoms with E-state index in [9.17, 15) is 9.59 Å². The van der Waals surface area contributed by atoms with Crippen molar-refractivity contribution in [3.63, 3.8) is 0 Å². The lowest BCUT2D eigenvalue weighted by Gasteiger charge is -2.28. The van der Waals surface area contributed by atoms with Crippen molar-refractivity contribution in [2.75, 3.05) is 6.54 Å². The molecule has 0 bridgehead atoms. The van der Waals surface area contributed by atoms with Crippen LogP contribution >= 0.6 is 11.3 Å². The second kappa shape index (κ2) is 7.83. The Bertz CT molecular complexity index is 707. The van der Waals surface area contributed by atoms with E-state index >= 15 is 0 Å². The Labute approximate surface area is 152 Å². The minimum Gasteiger partial charge on any atom is -0.347 e. The number of nitrogens with one attached hydrogen (secondary N) is 2. The summed E-state index contributed by atoms with van der Waals surface area (Å²) in [6, 6.07) is 11.6. The highest BCUT2D eigenvalue weighted by Crippen LogP contribution is 2.41. The van der Waals surface area contributed by atoms with Crippen molar-refractivity contribution in [3.8, 4) is 0 Å². The molecule has 4 nitrogen and oxygen atoms in total. The minimum atomic E-state index is -0.574. The molecular weight excluding hydrogens is 332 g/mol. The van der Waals surface area contributed by atoms with Gasteiger partial charge in [0.2, 0.25) is 0 Å². The van der Waals surface area contributed by atoms with E-state index in [1.807, 2.05) is 37.3 Å². The zero-order chi connectivity index (χ0) is 17.7. The maximum absolute atomic E-state index is 12.3. The van der Waals surface area contributed by atoms with Gasteiger partial charge in [-0.1, -0.05) is 43.2 Å². The summed E-state index contributed by atoms with van der Waals surface area (Å²) >= 11 is 1.68. The maximum atomic E-state index is 12.3. The van der Waals surface area contributed by atoms with Crippen molar-refractivity contribution >= 4 is 23.2 Å². The normalized spacial score (nSPS) is 17.0. The third-order valence-corrected chi connectivity index (χ3v) is 5.82. The predicted molar refractivity (Wildman–Crippen MR) is 100 cm³/mol. The molecule has 2 aromatic rings. The molecule has 2 amide bonds. The van der Waals surface area contributed by atoms with E-state index in [-0.39, 0.29) is 11.5 Å². The van der Waals surface area contributed by atoms with E-state index in [4.69, 9.17) is 0 Å². The summed E-state index contributed by atoms with van der Waals surface area (Å²) in [5.41, 5.74) is 2.25. The number of benzene rings is 1. The van der Waals surface area contributed by atoms with Crippen LogP contribution in [0, 0.1) is 0 Å². The van der Waals surface area contributed by atoms with Gasteiger partial charge in [-0.25, -0.2) is 0 Å². The van der Waals surface area contributed by atoms with Crippen LogP contribution in [0.15, 0.2) is 47.2 Å². The Morgan fingerprint density at radius 1 is 1.12 bits per heavy atom. The summed E-state index contributed by atoms with van der Waals surface area (Å²) < 4.78 is 0. The average molecular weight is 356 g/mol. The zero-order valence-corrected chi connectivity index (χ0v) is 15.3. The molecule has 1 aliphatic carbocycles. The molecule has 0 spiro atoms. The monoisotopic (exact) mass is 356 g/mol. The lowest BCUT2D eigenvalue weighted by Crippen LogP contribution is -2.45. The molecule has 1 aromatic carbocycles. The predicted octanol–water partition coefficient (Wildman–Crippen LogP) is 3.55. The van der Waals surface area contributed by atoms with Gasteiger partial charge in [-0.3, -0.25) is 9.59 Å². The van der Waals surface area contributed by atoms with Gasteiger partial charge in [-0.15, -0.1) is 0 Å². The van der Waals surface area contributed by atoms with E-state index in [2.05, 4.69) is 27.5 Å². The van der Waals surface area contributed by atoms with Crippen molar-refractivity contribution in [3.05, 3.63) is 58.3 Å². The highest BCUT2D eigenvalue weighted by Gasteiger charge is 2.36.